The van der Waals surface area contributed by atoms with Gasteiger partial charge in [0.15, 0.2) is 23.8 Å². The molecule has 1 fully saturated rings. The molecule has 3 rings (SSSR count). The van der Waals surface area contributed by atoms with Gasteiger partial charge in [-0.2, -0.15) is 9.05 Å². The standard InChI is InChI=1S/C14H22BN7O6P/c1-25-29(15,24)26-5-8-4-9(28-14(23)18-3-2-16)13(27-8)22-7-21-10-11(17)19-6-20-12(10)22/h6-9,13,24H,2-5,16H2,1H3,(H,18,23)(H2,17,19,20)/q+1/t8-,9-,13+,29?/m0/s1. The van der Waals surface area contributed by atoms with Gasteiger partial charge in [-0.1, -0.05) is 0 Å². The van der Waals surface area contributed by atoms with E-state index < -0.39 is 32.4 Å². The van der Waals surface area contributed by atoms with Crippen molar-refractivity contribution >= 4 is 38.5 Å². The normalized spacial score (nSPS) is 23.8. The number of imidazole rings is 1. The molecule has 4 atom stereocenters. The van der Waals surface area contributed by atoms with Crippen LogP contribution in [0.25, 0.3) is 11.2 Å². The van der Waals surface area contributed by atoms with Crippen LogP contribution in [0.2, 0.25) is 0 Å². The van der Waals surface area contributed by atoms with Crippen molar-refractivity contribution in [3.05, 3.63) is 12.7 Å². The number of carbonyl (C=O) groups is 1. The van der Waals surface area contributed by atoms with E-state index in [1.54, 1.807) is 4.57 Å². The Balaban J connectivity index is 1.80. The monoisotopic (exact) mass is 426 g/mol. The first-order chi connectivity index (χ1) is 13.8. The number of nitrogens with zero attached hydrogens (tertiary/aromatic N) is 4. The SMILES string of the molecule is [B][P+](O)(OC)OC[C@@H]1C[C@H](OC(=O)NCCN)[C@H](n2cnc3c(N)ncnc32)O1. The highest BCUT2D eigenvalue weighted by Crippen LogP contribution is 2.51. The number of nitrogens with two attached hydrogens (primary N) is 2. The van der Waals surface area contributed by atoms with Crippen LogP contribution >= 0.6 is 7.82 Å². The predicted octanol–water partition coefficient (Wildman–Crippen LogP) is -0.749. The van der Waals surface area contributed by atoms with E-state index in [0.29, 0.717) is 11.2 Å². The molecule has 2 aromatic heterocycles. The van der Waals surface area contributed by atoms with E-state index in [9.17, 15) is 9.69 Å². The molecule has 1 unspecified atom stereocenters. The number of carbonyl (C=O) groups excluding carboxylic acids is 1. The molecule has 1 aliphatic rings. The van der Waals surface area contributed by atoms with Crippen LogP contribution in [-0.4, -0.2) is 77.1 Å². The topological polar surface area (TPSA) is 182 Å². The minimum absolute atomic E-state index is 0.0703. The minimum Gasteiger partial charge on any atom is -0.441 e. The maximum Gasteiger partial charge on any atom is 0.488 e. The van der Waals surface area contributed by atoms with E-state index in [-0.39, 0.29) is 31.9 Å². The van der Waals surface area contributed by atoms with Crippen LogP contribution in [0.5, 0.6) is 0 Å². The minimum atomic E-state index is -3.43. The first kappa shape index (κ1) is 21.6. The number of hydrogen-bond donors (Lipinski definition) is 4. The molecule has 6 N–H and O–H groups in total. The van der Waals surface area contributed by atoms with Gasteiger partial charge in [0.05, 0.1) is 19.5 Å². The number of alkyl carbamates (subject to hydrolysis) is 1. The summed E-state index contributed by atoms with van der Waals surface area (Å²) in [6.07, 6.45) is 0.375. The molecule has 13 nitrogen and oxygen atoms in total. The molecule has 0 aliphatic carbocycles. The molecule has 3 heterocycles. The lowest BCUT2D eigenvalue weighted by atomic mass is 10.2. The van der Waals surface area contributed by atoms with Gasteiger partial charge in [0.1, 0.15) is 18.5 Å². The van der Waals surface area contributed by atoms with E-state index >= 15 is 0 Å². The molecule has 2 radical (unpaired) electrons. The van der Waals surface area contributed by atoms with E-state index in [1.165, 1.54) is 19.8 Å². The smallest absolute Gasteiger partial charge is 0.441 e. The molecule has 15 heteroatoms. The summed E-state index contributed by atoms with van der Waals surface area (Å²) in [5, 5.41) is 2.53. The predicted molar refractivity (Wildman–Crippen MR) is 103 cm³/mol. The fourth-order valence-corrected chi connectivity index (χ4v) is 3.31. The lowest BCUT2D eigenvalue weighted by molar-refractivity contribution is -0.0504. The highest BCUT2D eigenvalue weighted by atomic mass is 31.2. The fraction of sp³-hybridized carbons (Fsp3) is 0.571. The van der Waals surface area contributed by atoms with Crippen LogP contribution in [-0.2, 0) is 18.5 Å². The fourth-order valence-electron chi connectivity index (χ4n) is 2.83. The Morgan fingerprint density at radius 1 is 1.52 bits per heavy atom. The molecule has 0 saturated carbocycles. The summed E-state index contributed by atoms with van der Waals surface area (Å²) in [6, 6.07) is 0. The van der Waals surface area contributed by atoms with Crippen molar-refractivity contribution in [3.8, 4) is 0 Å². The molecule has 2 aromatic rings. The molecular formula is C14H22BN7O6P+. The summed E-state index contributed by atoms with van der Waals surface area (Å²) >= 11 is 0. The molecular weight excluding hydrogens is 404 g/mol. The molecule has 0 spiro atoms. The molecule has 1 aliphatic heterocycles. The van der Waals surface area contributed by atoms with Crippen LogP contribution in [0, 0.1) is 0 Å². The Bertz CT molecular complexity index is 855. The van der Waals surface area contributed by atoms with Crippen LogP contribution in [0.1, 0.15) is 12.6 Å². The summed E-state index contributed by atoms with van der Waals surface area (Å²) in [4.78, 5) is 34.1. The zero-order valence-corrected chi connectivity index (χ0v) is 16.6. The van der Waals surface area contributed by atoms with Gasteiger partial charge < -0.3 is 26.3 Å². The van der Waals surface area contributed by atoms with Crippen molar-refractivity contribution in [2.24, 2.45) is 5.73 Å². The Morgan fingerprint density at radius 2 is 2.31 bits per heavy atom. The zero-order chi connectivity index (χ0) is 21.0. The molecule has 0 bridgehead atoms. The number of fused-ring (bicyclic) bond motifs is 1. The average Bonchev–Trinajstić information content (AvgIpc) is 3.29. The van der Waals surface area contributed by atoms with Gasteiger partial charge in [-0.05, 0) is 0 Å². The first-order valence-corrected chi connectivity index (χ1v) is 10.3. The highest BCUT2D eigenvalue weighted by Gasteiger charge is 2.43. The van der Waals surface area contributed by atoms with E-state index in [2.05, 4.69) is 20.3 Å². The van der Waals surface area contributed by atoms with Gasteiger partial charge in [0.2, 0.25) is 0 Å². The number of hydrogen-bond acceptors (Lipinski definition) is 11. The van der Waals surface area contributed by atoms with Crippen LogP contribution in [0.15, 0.2) is 12.7 Å². The lowest BCUT2D eigenvalue weighted by Gasteiger charge is -2.20. The number of nitrogens with one attached hydrogen (secondary N) is 1. The van der Waals surface area contributed by atoms with Crippen molar-refractivity contribution in [2.45, 2.75) is 24.9 Å². The third-order valence-electron chi connectivity index (χ3n) is 4.19. The van der Waals surface area contributed by atoms with Gasteiger partial charge in [-0.25, -0.2) is 24.6 Å². The van der Waals surface area contributed by atoms with E-state index in [4.69, 9.17) is 37.6 Å². The average molecular weight is 426 g/mol. The van der Waals surface area contributed by atoms with Crippen molar-refractivity contribution < 1.29 is 28.2 Å². The van der Waals surface area contributed by atoms with Crippen LogP contribution in [0.4, 0.5) is 10.6 Å². The van der Waals surface area contributed by atoms with Gasteiger partial charge in [-0.3, -0.25) is 4.57 Å². The van der Waals surface area contributed by atoms with Gasteiger partial charge in [0.25, 0.3) is 0 Å². The number of aromatic nitrogens is 4. The quantitative estimate of drug-likeness (QED) is 0.308. The second kappa shape index (κ2) is 9.16. The Morgan fingerprint density at radius 3 is 3.03 bits per heavy atom. The maximum atomic E-state index is 12.0. The number of anilines is 1. The van der Waals surface area contributed by atoms with Crippen molar-refractivity contribution in [2.75, 3.05) is 32.5 Å². The van der Waals surface area contributed by atoms with Crippen molar-refractivity contribution in [3.63, 3.8) is 0 Å². The van der Waals surface area contributed by atoms with Crippen LogP contribution in [0.3, 0.4) is 0 Å². The number of amides is 1. The van der Waals surface area contributed by atoms with Crippen molar-refractivity contribution in [1.29, 1.82) is 0 Å². The first-order valence-electron chi connectivity index (χ1n) is 8.68. The number of ether oxygens (including phenoxy) is 2. The van der Waals surface area contributed by atoms with Crippen molar-refractivity contribution in [1.82, 2.24) is 24.8 Å². The van der Waals surface area contributed by atoms with E-state index in [1.807, 2.05) is 0 Å². The second-order valence-electron chi connectivity index (χ2n) is 6.17. The summed E-state index contributed by atoms with van der Waals surface area (Å²) < 4.78 is 23.0. The maximum absolute atomic E-state index is 12.0. The lowest BCUT2D eigenvalue weighted by Crippen LogP contribution is -2.34. The van der Waals surface area contributed by atoms with Gasteiger partial charge in [0, 0.05) is 19.5 Å². The number of rotatable bonds is 8. The summed E-state index contributed by atoms with van der Waals surface area (Å²) in [5.41, 5.74) is 12.0. The summed E-state index contributed by atoms with van der Waals surface area (Å²) in [5.74, 6) is 0.211. The third kappa shape index (κ3) is 5.10. The Labute approximate surface area is 168 Å². The molecule has 29 heavy (non-hydrogen) atoms. The van der Waals surface area contributed by atoms with Gasteiger partial charge >= 0.3 is 21.5 Å². The second-order valence-corrected chi connectivity index (χ2v) is 7.92. The van der Waals surface area contributed by atoms with Crippen LogP contribution < -0.4 is 16.8 Å². The molecule has 1 amide bonds. The highest BCUT2D eigenvalue weighted by molar-refractivity contribution is 7.85. The van der Waals surface area contributed by atoms with E-state index in [0.717, 1.165) is 0 Å². The third-order valence-corrected chi connectivity index (χ3v) is 5.23. The molecule has 0 aromatic carbocycles. The summed E-state index contributed by atoms with van der Waals surface area (Å²) in [7, 11) is 3.30. The Hall–Kier alpha value is -2.09. The molecule has 156 valence electrons. The summed E-state index contributed by atoms with van der Waals surface area (Å²) in [6.45, 7) is 0.466. The largest absolute Gasteiger partial charge is 0.488 e. The Kier molecular flexibility index (Phi) is 6.83. The molecule has 1 saturated heterocycles. The van der Waals surface area contributed by atoms with Gasteiger partial charge in [-0.15, -0.1) is 0 Å². The number of nitrogen functional groups attached to an aromatic ring is 1. The zero-order valence-electron chi connectivity index (χ0n) is 15.7.